The van der Waals surface area contributed by atoms with Crippen LogP contribution in [0.25, 0.3) is 5.70 Å². The van der Waals surface area contributed by atoms with Gasteiger partial charge < -0.3 is 9.64 Å². The summed E-state index contributed by atoms with van der Waals surface area (Å²) in [5.74, 6) is 0. The average molecular weight is 347 g/mol. The Morgan fingerprint density at radius 2 is 2.12 bits per heavy atom. The van der Waals surface area contributed by atoms with Crippen molar-refractivity contribution in [1.82, 2.24) is 15.3 Å². The Balaban J connectivity index is 1.53. The molecule has 1 aromatic carbocycles. The van der Waals surface area contributed by atoms with Crippen molar-refractivity contribution in [3.8, 4) is 6.07 Å². The molecule has 6 heteroatoms. The first-order chi connectivity index (χ1) is 12.5. The predicted molar refractivity (Wildman–Crippen MR) is 98.7 cm³/mol. The lowest BCUT2D eigenvalue weighted by Gasteiger charge is -2.57. The van der Waals surface area contributed by atoms with E-state index in [1.165, 1.54) is 5.70 Å². The van der Waals surface area contributed by atoms with Crippen LogP contribution in [0.4, 0.5) is 0 Å². The number of rotatable bonds is 2. The highest BCUT2D eigenvalue weighted by atomic mass is 16.5. The van der Waals surface area contributed by atoms with Gasteiger partial charge in [0, 0.05) is 24.4 Å². The number of hydrogen-bond donors (Lipinski definition) is 1. The SMILES string of the molecule is Cc1cc(C#N)ccc1C1=CC(N2CC3(COC3)C2)=CC2(C)N=CNN12. The molecular formula is C20H21N5O. The standard InChI is InChI=1S/C20H21N5O/c1-14-5-15(8-21)3-4-17(14)18-6-16(7-19(2)22-13-23-25(18)19)24-9-20(10-24)11-26-12-20/h3-7,13H,9-12H2,1-2H3,(H,22,23). The van der Waals surface area contributed by atoms with Crippen LogP contribution in [0.5, 0.6) is 0 Å². The van der Waals surface area contributed by atoms with Crippen LogP contribution in [0.1, 0.15) is 23.6 Å². The fourth-order valence-electron chi connectivity index (χ4n) is 4.27. The number of fused-ring (bicyclic) bond motifs is 1. The minimum Gasteiger partial charge on any atom is -0.380 e. The van der Waals surface area contributed by atoms with Crippen molar-refractivity contribution in [1.29, 1.82) is 5.26 Å². The molecule has 4 aliphatic heterocycles. The van der Waals surface area contributed by atoms with Crippen LogP contribution in [0, 0.1) is 23.7 Å². The topological polar surface area (TPSA) is 63.9 Å². The van der Waals surface area contributed by atoms with E-state index in [0.29, 0.717) is 11.0 Å². The number of ether oxygens (including phenoxy) is 1. The van der Waals surface area contributed by atoms with Crippen molar-refractivity contribution >= 4 is 12.0 Å². The number of hydrazine groups is 1. The predicted octanol–water partition coefficient (Wildman–Crippen LogP) is 2.00. The van der Waals surface area contributed by atoms with Crippen LogP contribution in [0.3, 0.4) is 0 Å². The molecule has 1 unspecified atom stereocenters. The van der Waals surface area contributed by atoms with E-state index in [-0.39, 0.29) is 0 Å². The zero-order valence-electron chi connectivity index (χ0n) is 15.0. The van der Waals surface area contributed by atoms with Gasteiger partial charge in [-0.25, -0.2) is 4.99 Å². The molecule has 26 heavy (non-hydrogen) atoms. The number of allylic oxidation sites excluding steroid dienone is 1. The second-order valence-electron chi connectivity index (χ2n) is 7.91. The van der Waals surface area contributed by atoms with Crippen molar-refractivity contribution in [3.05, 3.63) is 52.7 Å². The maximum Gasteiger partial charge on any atom is 0.170 e. The van der Waals surface area contributed by atoms with E-state index in [1.54, 1.807) is 6.34 Å². The fraction of sp³-hybridized carbons (Fsp3) is 0.400. The van der Waals surface area contributed by atoms with Gasteiger partial charge >= 0.3 is 0 Å². The minimum atomic E-state index is -0.446. The second-order valence-corrected chi connectivity index (χ2v) is 7.91. The van der Waals surface area contributed by atoms with E-state index in [2.05, 4.69) is 45.5 Å². The molecule has 0 amide bonds. The number of nitrogens with zero attached hydrogens (tertiary/aromatic N) is 4. The van der Waals surface area contributed by atoms with Crippen molar-refractivity contribution in [2.24, 2.45) is 10.4 Å². The van der Waals surface area contributed by atoms with Gasteiger partial charge in [0.1, 0.15) is 6.34 Å². The Morgan fingerprint density at radius 1 is 1.31 bits per heavy atom. The van der Waals surface area contributed by atoms with Crippen LogP contribution in [-0.2, 0) is 4.74 Å². The molecule has 0 aliphatic carbocycles. The molecule has 0 radical (unpaired) electrons. The van der Waals surface area contributed by atoms with Gasteiger partial charge in [-0.15, -0.1) is 0 Å². The largest absolute Gasteiger partial charge is 0.380 e. The fourth-order valence-corrected chi connectivity index (χ4v) is 4.27. The highest BCUT2D eigenvalue weighted by Crippen LogP contribution is 2.44. The molecule has 6 nitrogen and oxygen atoms in total. The summed E-state index contributed by atoms with van der Waals surface area (Å²) in [5.41, 5.74) is 8.35. The first kappa shape index (κ1) is 15.5. The average Bonchev–Trinajstić information content (AvgIpc) is 2.93. The van der Waals surface area contributed by atoms with E-state index in [9.17, 15) is 0 Å². The third-order valence-corrected chi connectivity index (χ3v) is 5.78. The quantitative estimate of drug-likeness (QED) is 0.887. The molecule has 0 bridgehead atoms. The van der Waals surface area contributed by atoms with Crippen LogP contribution in [0.15, 0.2) is 41.0 Å². The molecule has 5 rings (SSSR count). The number of likely N-dealkylation sites (tertiary alicyclic amines) is 1. The highest BCUT2D eigenvalue weighted by Gasteiger charge is 2.50. The van der Waals surface area contributed by atoms with E-state index < -0.39 is 5.66 Å². The van der Waals surface area contributed by atoms with Crippen molar-refractivity contribution in [2.75, 3.05) is 26.3 Å². The summed E-state index contributed by atoms with van der Waals surface area (Å²) in [5, 5.41) is 11.2. The minimum absolute atomic E-state index is 0.369. The zero-order chi connectivity index (χ0) is 17.9. The van der Waals surface area contributed by atoms with Crippen LogP contribution in [-0.4, -0.2) is 48.2 Å². The molecule has 1 spiro atoms. The Kier molecular flexibility index (Phi) is 3.05. The Morgan fingerprint density at radius 3 is 2.77 bits per heavy atom. The summed E-state index contributed by atoms with van der Waals surface area (Å²) in [7, 11) is 0. The van der Waals surface area contributed by atoms with Crippen molar-refractivity contribution in [3.63, 3.8) is 0 Å². The Labute approximate surface area is 153 Å². The van der Waals surface area contributed by atoms with Crippen molar-refractivity contribution in [2.45, 2.75) is 19.5 Å². The van der Waals surface area contributed by atoms with Crippen LogP contribution in [0.2, 0.25) is 0 Å². The number of benzene rings is 1. The summed E-state index contributed by atoms with van der Waals surface area (Å²) in [6.45, 7) is 8.01. The monoisotopic (exact) mass is 347 g/mol. The smallest absolute Gasteiger partial charge is 0.170 e. The molecule has 4 heterocycles. The molecule has 1 N–H and O–H groups in total. The molecule has 1 aromatic rings. The number of nitrogens with one attached hydrogen (secondary N) is 1. The molecule has 0 aromatic heterocycles. The van der Waals surface area contributed by atoms with Gasteiger partial charge in [0.05, 0.1) is 36.0 Å². The third-order valence-electron chi connectivity index (χ3n) is 5.78. The molecular weight excluding hydrogens is 326 g/mol. The second kappa shape index (κ2) is 5.12. The number of nitriles is 1. The maximum absolute atomic E-state index is 9.15. The normalized spacial score (nSPS) is 27.7. The molecule has 4 aliphatic rings. The Hall–Kier alpha value is -2.78. The van der Waals surface area contributed by atoms with Gasteiger partial charge in [0.2, 0.25) is 0 Å². The zero-order valence-corrected chi connectivity index (χ0v) is 15.0. The van der Waals surface area contributed by atoms with E-state index >= 15 is 0 Å². The summed E-state index contributed by atoms with van der Waals surface area (Å²) >= 11 is 0. The molecule has 2 saturated heterocycles. The van der Waals surface area contributed by atoms with Gasteiger partial charge in [0.25, 0.3) is 0 Å². The number of hydrogen-bond acceptors (Lipinski definition) is 6. The molecule has 0 saturated carbocycles. The van der Waals surface area contributed by atoms with Gasteiger partial charge in [-0.3, -0.25) is 10.4 Å². The van der Waals surface area contributed by atoms with Crippen molar-refractivity contribution < 1.29 is 4.74 Å². The summed E-state index contributed by atoms with van der Waals surface area (Å²) in [4.78, 5) is 7.07. The van der Waals surface area contributed by atoms with Gasteiger partial charge in [-0.1, -0.05) is 6.07 Å². The van der Waals surface area contributed by atoms with Gasteiger partial charge in [-0.05, 0) is 43.7 Å². The van der Waals surface area contributed by atoms with Gasteiger partial charge in [-0.2, -0.15) is 5.26 Å². The Bertz CT molecular complexity index is 913. The first-order valence-corrected chi connectivity index (χ1v) is 8.91. The first-order valence-electron chi connectivity index (χ1n) is 8.91. The van der Waals surface area contributed by atoms with E-state index in [0.717, 1.165) is 43.1 Å². The lowest BCUT2D eigenvalue weighted by molar-refractivity contribution is -0.179. The maximum atomic E-state index is 9.15. The van der Waals surface area contributed by atoms with Crippen LogP contribution < -0.4 is 5.43 Å². The molecule has 1 atom stereocenters. The molecule has 2 fully saturated rings. The summed E-state index contributed by atoms with van der Waals surface area (Å²) < 4.78 is 5.40. The van der Waals surface area contributed by atoms with E-state index in [1.807, 2.05) is 25.1 Å². The lowest BCUT2D eigenvalue weighted by Crippen LogP contribution is -2.65. The molecule has 132 valence electrons. The number of aryl methyl sites for hydroxylation is 1. The van der Waals surface area contributed by atoms with E-state index in [4.69, 9.17) is 10.00 Å². The van der Waals surface area contributed by atoms with Gasteiger partial charge in [0.15, 0.2) is 5.66 Å². The van der Waals surface area contributed by atoms with Crippen LogP contribution >= 0.6 is 0 Å². The summed E-state index contributed by atoms with van der Waals surface area (Å²) in [6, 6.07) is 8.05. The summed E-state index contributed by atoms with van der Waals surface area (Å²) in [6.07, 6.45) is 6.20. The lowest BCUT2D eigenvalue weighted by atomic mass is 9.77. The highest BCUT2D eigenvalue weighted by molar-refractivity contribution is 5.75. The third kappa shape index (κ3) is 2.10. The number of aliphatic imine (C=N–C) groups is 1.